The maximum Gasteiger partial charge on any atom is 0.408 e. The van der Waals surface area contributed by atoms with Gasteiger partial charge in [0.15, 0.2) is 0 Å². The third-order valence-electron chi connectivity index (χ3n) is 10.5. The van der Waals surface area contributed by atoms with Crippen molar-refractivity contribution >= 4 is 29.6 Å². The number of nitrogens with zero attached hydrogens (tertiary/aromatic N) is 2. The molecule has 51 heavy (non-hydrogen) atoms. The van der Waals surface area contributed by atoms with Crippen LogP contribution in [0.25, 0.3) is 0 Å². The number of carboxylic acids is 1. The van der Waals surface area contributed by atoms with Crippen molar-refractivity contribution in [3.63, 3.8) is 0 Å². The van der Waals surface area contributed by atoms with Crippen LogP contribution in [0.15, 0.2) is 72.4 Å². The summed E-state index contributed by atoms with van der Waals surface area (Å²) in [5.41, 5.74) is 0.236. The molecule has 3 fully saturated rings. The van der Waals surface area contributed by atoms with E-state index >= 15 is 0 Å². The van der Waals surface area contributed by atoms with Crippen LogP contribution in [0.5, 0.6) is 5.75 Å². The van der Waals surface area contributed by atoms with E-state index in [4.69, 9.17) is 14.3 Å². The Labute approximate surface area is 298 Å². The van der Waals surface area contributed by atoms with E-state index < -0.39 is 53.0 Å². The van der Waals surface area contributed by atoms with Crippen LogP contribution in [0.1, 0.15) is 82.8 Å². The molecule has 2 heterocycles. The van der Waals surface area contributed by atoms with Crippen molar-refractivity contribution in [3.05, 3.63) is 78.4 Å². The minimum Gasteiger partial charge on any atom is -0.492 e. The number of allylic oxidation sites excluding steroid dienone is 1. The number of carbonyl (C=O) groups is 4. The van der Waals surface area contributed by atoms with Crippen molar-refractivity contribution in [2.75, 3.05) is 13.2 Å². The van der Waals surface area contributed by atoms with Crippen LogP contribution >= 0.6 is 0 Å². The summed E-state index contributed by atoms with van der Waals surface area (Å²) in [5, 5.41) is 20.3. The van der Waals surface area contributed by atoms with Crippen molar-refractivity contribution < 1.29 is 38.6 Å². The van der Waals surface area contributed by atoms with Crippen LogP contribution in [0.3, 0.4) is 0 Å². The molecule has 0 bridgehead atoms. The second-order valence-electron chi connectivity index (χ2n) is 15.2. The van der Waals surface area contributed by atoms with Gasteiger partial charge in [0, 0.05) is 12.0 Å². The lowest BCUT2D eigenvalue weighted by Crippen LogP contribution is -2.59. The Morgan fingerprint density at radius 1 is 1.08 bits per heavy atom. The fraction of sp³-hybridized carbons (Fsp3) is 0.513. The minimum absolute atomic E-state index is 0.00998. The van der Waals surface area contributed by atoms with E-state index in [-0.39, 0.29) is 37.3 Å². The molecule has 0 aromatic heterocycles. The van der Waals surface area contributed by atoms with Crippen molar-refractivity contribution in [1.29, 1.82) is 0 Å². The van der Waals surface area contributed by atoms with Crippen molar-refractivity contribution in [1.82, 2.24) is 15.5 Å². The normalized spacial score (nSPS) is 27.1. The quantitative estimate of drug-likeness (QED) is 0.214. The van der Waals surface area contributed by atoms with E-state index in [1.54, 1.807) is 6.08 Å². The number of fused-ring (bicyclic) bond motifs is 1. The van der Waals surface area contributed by atoms with Crippen molar-refractivity contribution in [3.8, 4) is 5.75 Å². The van der Waals surface area contributed by atoms with Gasteiger partial charge in [0.25, 0.3) is 0 Å². The summed E-state index contributed by atoms with van der Waals surface area (Å²) in [4.78, 5) is 61.5. The number of ether oxygens (including phenoxy) is 2. The second kappa shape index (κ2) is 14.8. The van der Waals surface area contributed by atoms with Crippen LogP contribution in [0, 0.1) is 11.3 Å². The first-order valence-corrected chi connectivity index (χ1v) is 17.9. The van der Waals surface area contributed by atoms with Gasteiger partial charge in [0.2, 0.25) is 11.8 Å². The summed E-state index contributed by atoms with van der Waals surface area (Å²) in [6.07, 6.45) is 4.30. The van der Waals surface area contributed by atoms with Gasteiger partial charge in [-0.15, -0.1) is 6.58 Å². The highest BCUT2D eigenvalue weighted by Gasteiger charge is 2.62. The number of oxime groups is 1. The fourth-order valence-electron chi connectivity index (χ4n) is 7.50. The summed E-state index contributed by atoms with van der Waals surface area (Å²) < 4.78 is 11.7. The molecule has 0 radical (unpaired) electrons. The number of hydrogen-bond donors (Lipinski definition) is 3. The minimum atomic E-state index is -1.44. The third kappa shape index (κ3) is 7.74. The monoisotopic (exact) mass is 700 g/mol. The zero-order chi connectivity index (χ0) is 36.3. The van der Waals surface area contributed by atoms with Gasteiger partial charge in [-0.25, -0.2) is 9.59 Å². The SMILES string of the molecule is C=CC[C@@H]1C[C@]1(NC(=O)[C@@H]1C[C@@H](O/N=C2/c3ccccc3OCC2c2ccccc2)CN1C(=O)[C@@H](NC(=O)OC1CCCC1)C(C)(C)C)C(=O)O. The number of carboxylic acid groups (broad SMARTS) is 1. The zero-order valence-electron chi connectivity index (χ0n) is 29.5. The molecule has 1 saturated heterocycles. The molecule has 6 atom stereocenters. The molecule has 2 aromatic carbocycles. The zero-order valence-corrected chi connectivity index (χ0v) is 29.5. The van der Waals surface area contributed by atoms with Gasteiger partial charge in [-0.1, -0.05) is 74.5 Å². The molecular formula is C39H48N4O8. The lowest BCUT2D eigenvalue weighted by Gasteiger charge is -2.35. The van der Waals surface area contributed by atoms with Crippen LogP contribution < -0.4 is 15.4 Å². The average molecular weight is 701 g/mol. The van der Waals surface area contributed by atoms with Crippen LogP contribution in [-0.4, -0.2) is 82.6 Å². The topological polar surface area (TPSA) is 156 Å². The highest BCUT2D eigenvalue weighted by molar-refractivity contribution is 6.07. The number of benzene rings is 2. The molecule has 0 spiro atoms. The van der Waals surface area contributed by atoms with Crippen LogP contribution in [0.4, 0.5) is 4.79 Å². The van der Waals surface area contributed by atoms with Gasteiger partial charge in [-0.3, -0.25) is 9.59 Å². The van der Waals surface area contributed by atoms with Gasteiger partial charge in [-0.05, 0) is 67.6 Å². The van der Waals surface area contributed by atoms with E-state index in [0.717, 1.165) is 36.8 Å². The highest BCUT2D eigenvalue weighted by Crippen LogP contribution is 2.47. The summed E-state index contributed by atoms with van der Waals surface area (Å²) >= 11 is 0. The lowest BCUT2D eigenvalue weighted by atomic mass is 9.85. The number of rotatable bonds is 11. The van der Waals surface area contributed by atoms with Crippen molar-refractivity contribution in [2.45, 2.75) is 101 Å². The first kappa shape index (κ1) is 35.9. The Morgan fingerprint density at radius 3 is 2.47 bits per heavy atom. The summed E-state index contributed by atoms with van der Waals surface area (Å²) in [6, 6.07) is 15.3. The molecule has 3 N–H and O–H groups in total. The number of alkyl carbamates (subject to hydrolysis) is 1. The van der Waals surface area contributed by atoms with Crippen LogP contribution in [-0.2, 0) is 24.0 Å². The molecule has 12 heteroatoms. The lowest BCUT2D eigenvalue weighted by molar-refractivity contribution is -0.146. The van der Waals surface area contributed by atoms with Gasteiger partial charge >= 0.3 is 12.1 Å². The number of nitrogens with one attached hydrogen (secondary N) is 2. The van der Waals surface area contributed by atoms with E-state index in [1.165, 1.54) is 4.90 Å². The molecule has 4 aliphatic rings. The number of hydrogen-bond acceptors (Lipinski definition) is 8. The summed E-state index contributed by atoms with van der Waals surface area (Å²) in [6.45, 7) is 9.54. The van der Waals surface area contributed by atoms with E-state index in [9.17, 15) is 24.3 Å². The standard InChI is InChI=1S/C39H48N4O8/c1-5-13-25-21-39(25,36(46)47)41-34(44)30-20-27(22-43(30)35(45)33(38(2,3)4)40-37(48)50-26-16-9-10-17-26)51-42-32-28-18-11-12-19-31(28)49-23-29(32)24-14-7-6-8-15-24/h5-8,11-12,14-15,18-19,25-27,29-30,33H,1,9-10,13,16-17,20-23H2,2-4H3,(H,40,48)(H,41,44)(H,46,47)/b42-32-/t25-,27-,29?,30+,33-,39-/m1/s1. The Balaban J connectivity index is 1.28. The predicted octanol–water partition coefficient (Wildman–Crippen LogP) is 5.17. The summed E-state index contributed by atoms with van der Waals surface area (Å²) in [7, 11) is 0. The van der Waals surface area contributed by atoms with Gasteiger partial charge in [0.05, 0.1) is 12.5 Å². The first-order chi connectivity index (χ1) is 24.4. The maximum atomic E-state index is 14.5. The predicted molar refractivity (Wildman–Crippen MR) is 189 cm³/mol. The van der Waals surface area contributed by atoms with Gasteiger partial charge < -0.3 is 35.0 Å². The number of likely N-dealkylation sites (tertiary alicyclic amines) is 1. The molecule has 2 saturated carbocycles. The molecule has 3 amide bonds. The Morgan fingerprint density at radius 2 is 1.78 bits per heavy atom. The summed E-state index contributed by atoms with van der Waals surface area (Å²) in [5.74, 6) is -2.09. The Hall–Kier alpha value is -4.87. The number of carbonyl (C=O) groups excluding carboxylic acids is 3. The molecular weight excluding hydrogens is 652 g/mol. The maximum absolute atomic E-state index is 14.5. The van der Waals surface area contributed by atoms with E-state index in [1.807, 2.05) is 75.4 Å². The Kier molecular flexibility index (Phi) is 10.4. The highest BCUT2D eigenvalue weighted by atomic mass is 16.6. The second-order valence-corrected chi connectivity index (χ2v) is 15.2. The van der Waals surface area contributed by atoms with Crippen LogP contribution in [0.2, 0.25) is 0 Å². The molecule has 1 unspecified atom stereocenters. The van der Waals surface area contributed by atoms with E-state index in [2.05, 4.69) is 22.4 Å². The fourth-order valence-corrected chi connectivity index (χ4v) is 7.50. The number of aliphatic carboxylic acids is 1. The molecule has 2 aromatic rings. The first-order valence-electron chi connectivity index (χ1n) is 17.9. The van der Waals surface area contributed by atoms with Gasteiger partial charge in [0.1, 0.15) is 47.9 Å². The van der Waals surface area contributed by atoms with Crippen molar-refractivity contribution in [2.24, 2.45) is 16.5 Å². The van der Waals surface area contributed by atoms with Gasteiger partial charge in [-0.2, -0.15) is 0 Å². The molecule has 6 rings (SSSR count). The average Bonchev–Trinajstić information content (AvgIpc) is 3.39. The Bertz CT molecular complexity index is 1670. The molecule has 12 nitrogen and oxygen atoms in total. The third-order valence-corrected chi connectivity index (χ3v) is 10.5. The molecule has 272 valence electrons. The molecule has 2 aliphatic heterocycles. The number of amides is 3. The number of para-hydroxylation sites is 1. The van der Waals surface area contributed by atoms with E-state index in [0.29, 0.717) is 24.5 Å². The largest absolute Gasteiger partial charge is 0.492 e. The smallest absolute Gasteiger partial charge is 0.408 e. The molecule has 2 aliphatic carbocycles.